The van der Waals surface area contributed by atoms with Crippen LogP contribution < -0.4 is 5.32 Å². The third-order valence-corrected chi connectivity index (χ3v) is 3.43. The molecule has 0 aliphatic carbocycles. The smallest absolute Gasteiger partial charge is 0.310 e. The third kappa shape index (κ3) is 4.82. The van der Waals surface area contributed by atoms with Gasteiger partial charge in [0.05, 0.1) is 18.6 Å². The van der Waals surface area contributed by atoms with Crippen molar-refractivity contribution in [2.24, 2.45) is 5.92 Å². The molecule has 1 unspecified atom stereocenters. The standard InChI is InChI=1S/C14H26N2O3/c1-5-19-14(18)12-7-6-8-16(9-12)11(4)13(17)15-10(2)3/h10-12H,5-9H2,1-4H3,(H,15,17)/t11?,12-/m1/s1. The van der Waals surface area contributed by atoms with Crippen LogP contribution >= 0.6 is 0 Å². The van der Waals surface area contributed by atoms with Crippen molar-refractivity contribution in [3.05, 3.63) is 0 Å². The highest BCUT2D eigenvalue weighted by Gasteiger charge is 2.31. The second-order valence-corrected chi connectivity index (χ2v) is 5.43. The number of esters is 1. The molecule has 1 fully saturated rings. The Morgan fingerprint density at radius 3 is 2.63 bits per heavy atom. The van der Waals surface area contributed by atoms with Gasteiger partial charge in [-0.05, 0) is 47.1 Å². The van der Waals surface area contributed by atoms with Gasteiger partial charge < -0.3 is 10.1 Å². The third-order valence-electron chi connectivity index (χ3n) is 3.43. The van der Waals surface area contributed by atoms with Crippen molar-refractivity contribution in [2.45, 2.75) is 52.6 Å². The molecule has 1 N–H and O–H groups in total. The predicted molar refractivity (Wildman–Crippen MR) is 73.7 cm³/mol. The molecule has 0 spiro atoms. The van der Waals surface area contributed by atoms with Gasteiger partial charge in [0.15, 0.2) is 0 Å². The maximum Gasteiger partial charge on any atom is 0.310 e. The summed E-state index contributed by atoms with van der Waals surface area (Å²) in [5.41, 5.74) is 0. The number of hydrogen-bond donors (Lipinski definition) is 1. The molecule has 1 heterocycles. The second kappa shape index (κ2) is 7.48. The van der Waals surface area contributed by atoms with Crippen LogP contribution in [0.4, 0.5) is 0 Å². The fraction of sp³-hybridized carbons (Fsp3) is 0.857. The number of carbonyl (C=O) groups is 2. The highest BCUT2D eigenvalue weighted by atomic mass is 16.5. The molecule has 1 aliphatic heterocycles. The summed E-state index contributed by atoms with van der Waals surface area (Å²) in [6.07, 6.45) is 1.79. The summed E-state index contributed by atoms with van der Waals surface area (Å²) < 4.78 is 5.07. The minimum atomic E-state index is -0.195. The van der Waals surface area contributed by atoms with Crippen LogP contribution in [0.2, 0.25) is 0 Å². The van der Waals surface area contributed by atoms with E-state index in [1.165, 1.54) is 0 Å². The molecule has 5 heteroatoms. The van der Waals surface area contributed by atoms with E-state index in [9.17, 15) is 9.59 Å². The Hall–Kier alpha value is -1.10. The van der Waals surface area contributed by atoms with Gasteiger partial charge in [0.1, 0.15) is 0 Å². The van der Waals surface area contributed by atoms with E-state index < -0.39 is 0 Å². The number of amides is 1. The molecule has 0 bridgehead atoms. The number of piperidine rings is 1. The Morgan fingerprint density at radius 1 is 1.37 bits per heavy atom. The fourth-order valence-corrected chi connectivity index (χ4v) is 2.38. The van der Waals surface area contributed by atoms with Crippen LogP contribution in [-0.2, 0) is 14.3 Å². The van der Waals surface area contributed by atoms with Crippen LogP contribution in [-0.4, -0.2) is 48.6 Å². The molecule has 0 aromatic rings. The number of ether oxygens (including phenoxy) is 1. The molecule has 110 valence electrons. The zero-order valence-corrected chi connectivity index (χ0v) is 12.4. The highest BCUT2D eigenvalue weighted by Crippen LogP contribution is 2.19. The van der Waals surface area contributed by atoms with Crippen molar-refractivity contribution in [3.8, 4) is 0 Å². The van der Waals surface area contributed by atoms with Crippen LogP contribution in [0.5, 0.6) is 0 Å². The molecular weight excluding hydrogens is 244 g/mol. The minimum absolute atomic E-state index is 0.0273. The molecule has 1 saturated heterocycles. The number of hydrogen-bond acceptors (Lipinski definition) is 4. The van der Waals surface area contributed by atoms with Crippen LogP contribution in [0.25, 0.3) is 0 Å². The molecular formula is C14H26N2O3. The van der Waals surface area contributed by atoms with Crippen molar-refractivity contribution >= 4 is 11.9 Å². The Labute approximate surface area is 115 Å². The lowest BCUT2D eigenvalue weighted by Crippen LogP contribution is -2.51. The molecule has 5 nitrogen and oxygen atoms in total. The van der Waals surface area contributed by atoms with Crippen LogP contribution in [0.1, 0.15) is 40.5 Å². The van der Waals surface area contributed by atoms with Gasteiger partial charge in [0.25, 0.3) is 0 Å². The van der Waals surface area contributed by atoms with Gasteiger partial charge in [-0.15, -0.1) is 0 Å². The number of likely N-dealkylation sites (tertiary alicyclic amines) is 1. The van der Waals surface area contributed by atoms with Crippen LogP contribution in [0, 0.1) is 5.92 Å². The molecule has 2 atom stereocenters. The molecule has 0 aromatic carbocycles. The molecule has 19 heavy (non-hydrogen) atoms. The Kier molecular flexibility index (Phi) is 6.28. The number of carbonyl (C=O) groups excluding carboxylic acids is 2. The summed E-state index contributed by atoms with van der Waals surface area (Å²) in [6, 6.07) is -0.0554. The fourth-order valence-electron chi connectivity index (χ4n) is 2.38. The van der Waals surface area contributed by atoms with Crippen molar-refractivity contribution < 1.29 is 14.3 Å². The first-order valence-electron chi connectivity index (χ1n) is 7.16. The molecule has 0 saturated carbocycles. The van der Waals surface area contributed by atoms with E-state index >= 15 is 0 Å². The van der Waals surface area contributed by atoms with Gasteiger partial charge in [-0.1, -0.05) is 0 Å². The van der Waals surface area contributed by atoms with Crippen molar-refractivity contribution in [2.75, 3.05) is 19.7 Å². The number of nitrogens with one attached hydrogen (secondary N) is 1. The Morgan fingerprint density at radius 2 is 2.05 bits per heavy atom. The second-order valence-electron chi connectivity index (χ2n) is 5.43. The molecule has 0 radical (unpaired) electrons. The van der Waals surface area contributed by atoms with Gasteiger partial charge in [-0.3, -0.25) is 14.5 Å². The summed E-state index contributed by atoms with van der Waals surface area (Å²) in [4.78, 5) is 25.8. The van der Waals surface area contributed by atoms with E-state index in [1.54, 1.807) is 0 Å². The zero-order chi connectivity index (χ0) is 14.4. The lowest BCUT2D eigenvalue weighted by Gasteiger charge is -2.35. The van der Waals surface area contributed by atoms with Gasteiger partial charge >= 0.3 is 5.97 Å². The number of rotatable bonds is 5. The Bertz CT molecular complexity index is 318. The van der Waals surface area contributed by atoms with E-state index in [1.807, 2.05) is 27.7 Å². The Balaban J connectivity index is 2.54. The maximum absolute atomic E-state index is 12.0. The first-order valence-corrected chi connectivity index (χ1v) is 7.16. The average Bonchev–Trinajstić information content (AvgIpc) is 2.37. The van der Waals surface area contributed by atoms with E-state index in [2.05, 4.69) is 10.2 Å². The summed E-state index contributed by atoms with van der Waals surface area (Å²) in [5, 5.41) is 2.91. The van der Waals surface area contributed by atoms with Gasteiger partial charge in [0.2, 0.25) is 5.91 Å². The summed E-state index contributed by atoms with van der Waals surface area (Å²) >= 11 is 0. The topological polar surface area (TPSA) is 58.6 Å². The molecule has 0 aromatic heterocycles. The first kappa shape index (κ1) is 16.0. The largest absolute Gasteiger partial charge is 0.466 e. The molecule has 1 aliphatic rings. The normalized spacial score (nSPS) is 22.1. The van der Waals surface area contributed by atoms with E-state index in [-0.39, 0.29) is 29.9 Å². The van der Waals surface area contributed by atoms with Crippen LogP contribution in [0.3, 0.4) is 0 Å². The van der Waals surface area contributed by atoms with E-state index in [0.29, 0.717) is 13.2 Å². The molecule has 1 amide bonds. The van der Waals surface area contributed by atoms with Gasteiger partial charge in [-0.25, -0.2) is 0 Å². The van der Waals surface area contributed by atoms with E-state index in [4.69, 9.17) is 4.74 Å². The zero-order valence-electron chi connectivity index (χ0n) is 12.4. The minimum Gasteiger partial charge on any atom is -0.466 e. The lowest BCUT2D eigenvalue weighted by molar-refractivity contribution is -0.151. The summed E-state index contributed by atoms with van der Waals surface area (Å²) in [7, 11) is 0. The van der Waals surface area contributed by atoms with Crippen LogP contribution in [0.15, 0.2) is 0 Å². The quantitative estimate of drug-likeness (QED) is 0.762. The van der Waals surface area contributed by atoms with E-state index in [0.717, 1.165) is 19.4 Å². The number of nitrogens with zero attached hydrogens (tertiary/aromatic N) is 1. The SMILES string of the molecule is CCOC(=O)[C@@H]1CCCN(C(C)C(=O)NC(C)C)C1. The average molecular weight is 270 g/mol. The summed E-state index contributed by atoms with van der Waals surface area (Å²) in [5.74, 6) is -0.203. The summed E-state index contributed by atoms with van der Waals surface area (Å²) in [6.45, 7) is 9.50. The highest BCUT2D eigenvalue weighted by molar-refractivity contribution is 5.81. The maximum atomic E-state index is 12.0. The monoisotopic (exact) mass is 270 g/mol. The van der Waals surface area contributed by atoms with Gasteiger partial charge in [0, 0.05) is 12.6 Å². The first-order chi connectivity index (χ1) is 8.95. The van der Waals surface area contributed by atoms with Crippen molar-refractivity contribution in [3.63, 3.8) is 0 Å². The predicted octanol–water partition coefficient (Wildman–Crippen LogP) is 1.17. The molecule has 1 rings (SSSR count). The van der Waals surface area contributed by atoms with Crippen molar-refractivity contribution in [1.29, 1.82) is 0 Å². The van der Waals surface area contributed by atoms with Gasteiger partial charge in [-0.2, -0.15) is 0 Å². The van der Waals surface area contributed by atoms with Crippen molar-refractivity contribution in [1.82, 2.24) is 10.2 Å². The lowest BCUT2D eigenvalue weighted by atomic mass is 9.97.